The molecule has 1 aromatic rings. The molecule has 0 fully saturated rings. The first kappa shape index (κ1) is 17.5. The van der Waals surface area contributed by atoms with Crippen molar-refractivity contribution in [3.8, 4) is 0 Å². The summed E-state index contributed by atoms with van der Waals surface area (Å²) in [5.74, 6) is -1.35. The zero-order valence-corrected chi connectivity index (χ0v) is 13.1. The minimum atomic E-state index is -1.05. The molecule has 0 aliphatic heterocycles. The molecule has 0 spiro atoms. The monoisotopic (exact) mass is 329 g/mol. The lowest BCUT2D eigenvalue weighted by Gasteiger charge is -2.12. The summed E-state index contributed by atoms with van der Waals surface area (Å²) in [7, 11) is 0. The topological polar surface area (TPSA) is 66.4 Å². The van der Waals surface area contributed by atoms with Gasteiger partial charge in [-0.2, -0.15) is 0 Å². The lowest BCUT2D eigenvalue weighted by atomic mass is 10.1. The summed E-state index contributed by atoms with van der Waals surface area (Å²) < 4.78 is 0. The largest absolute Gasteiger partial charge is 0.480 e. The van der Waals surface area contributed by atoms with Crippen LogP contribution < -0.4 is 5.32 Å². The van der Waals surface area contributed by atoms with E-state index in [4.69, 9.17) is 28.3 Å². The van der Waals surface area contributed by atoms with Crippen molar-refractivity contribution in [2.24, 2.45) is 0 Å². The molecule has 6 heteroatoms. The van der Waals surface area contributed by atoms with E-state index < -0.39 is 12.0 Å². The first-order chi connectivity index (χ1) is 9.93. The molecule has 2 N–H and O–H groups in total. The van der Waals surface area contributed by atoms with Gasteiger partial charge in [-0.3, -0.25) is 4.79 Å². The number of allylic oxidation sites excluding steroid dienone is 1. The van der Waals surface area contributed by atoms with Gasteiger partial charge in [0.1, 0.15) is 6.04 Å². The quantitative estimate of drug-likeness (QED) is 0.753. The van der Waals surface area contributed by atoms with Gasteiger partial charge in [0.15, 0.2) is 0 Å². The first-order valence-corrected chi connectivity index (χ1v) is 7.27. The Bertz CT molecular complexity index is 544. The van der Waals surface area contributed by atoms with Crippen molar-refractivity contribution in [3.05, 3.63) is 46.0 Å². The van der Waals surface area contributed by atoms with Crippen molar-refractivity contribution in [2.45, 2.75) is 32.2 Å². The number of carbonyl (C=O) groups excluding carboxylic acids is 1. The molecule has 0 aliphatic carbocycles. The van der Waals surface area contributed by atoms with E-state index in [-0.39, 0.29) is 18.7 Å². The maximum absolute atomic E-state index is 11.8. The van der Waals surface area contributed by atoms with E-state index in [0.717, 1.165) is 5.56 Å². The van der Waals surface area contributed by atoms with Gasteiger partial charge in [0, 0.05) is 6.42 Å². The van der Waals surface area contributed by atoms with E-state index in [1.165, 1.54) is 0 Å². The highest BCUT2D eigenvalue weighted by Crippen LogP contribution is 2.23. The Morgan fingerprint density at radius 3 is 2.62 bits per heavy atom. The minimum Gasteiger partial charge on any atom is -0.480 e. The summed E-state index contributed by atoms with van der Waals surface area (Å²) in [5, 5.41) is 12.4. The molecule has 0 saturated heterocycles. The second kappa shape index (κ2) is 8.70. The highest BCUT2D eigenvalue weighted by Gasteiger charge is 2.18. The van der Waals surface area contributed by atoms with Crippen molar-refractivity contribution in [1.82, 2.24) is 5.32 Å². The van der Waals surface area contributed by atoms with Crippen molar-refractivity contribution < 1.29 is 14.7 Å². The van der Waals surface area contributed by atoms with Crippen LogP contribution in [0, 0.1) is 0 Å². The molecule has 0 bridgehead atoms. The third-order valence-electron chi connectivity index (χ3n) is 2.87. The van der Waals surface area contributed by atoms with E-state index in [1.54, 1.807) is 37.3 Å². The highest BCUT2D eigenvalue weighted by atomic mass is 35.5. The van der Waals surface area contributed by atoms with Crippen LogP contribution in [-0.2, 0) is 16.0 Å². The number of amides is 1. The van der Waals surface area contributed by atoms with Crippen LogP contribution in [0.2, 0.25) is 10.0 Å². The number of carboxylic acid groups (broad SMARTS) is 1. The molecular formula is C15H17Cl2NO3. The van der Waals surface area contributed by atoms with Crippen LogP contribution in [0.3, 0.4) is 0 Å². The number of aliphatic carboxylic acids is 1. The molecule has 114 valence electrons. The van der Waals surface area contributed by atoms with E-state index in [9.17, 15) is 9.59 Å². The molecule has 0 radical (unpaired) electrons. The fraction of sp³-hybridized carbons (Fsp3) is 0.333. The smallest absolute Gasteiger partial charge is 0.326 e. The van der Waals surface area contributed by atoms with Gasteiger partial charge >= 0.3 is 5.97 Å². The number of benzene rings is 1. The fourth-order valence-corrected chi connectivity index (χ4v) is 2.03. The van der Waals surface area contributed by atoms with Crippen LogP contribution in [0.5, 0.6) is 0 Å². The fourth-order valence-electron chi connectivity index (χ4n) is 1.71. The van der Waals surface area contributed by atoms with Gasteiger partial charge in [0.2, 0.25) is 5.91 Å². The molecule has 4 nitrogen and oxygen atoms in total. The van der Waals surface area contributed by atoms with Crippen LogP contribution in [0.25, 0.3) is 0 Å². The average Bonchev–Trinajstić information content (AvgIpc) is 2.44. The van der Waals surface area contributed by atoms with Gasteiger partial charge in [0.25, 0.3) is 0 Å². The Morgan fingerprint density at radius 1 is 1.33 bits per heavy atom. The molecule has 1 aromatic carbocycles. The normalized spacial score (nSPS) is 12.3. The average molecular weight is 330 g/mol. The van der Waals surface area contributed by atoms with Crippen molar-refractivity contribution in [1.29, 1.82) is 0 Å². The summed E-state index contributed by atoms with van der Waals surface area (Å²) in [4.78, 5) is 22.8. The Morgan fingerprint density at radius 2 is 2.05 bits per heavy atom. The maximum Gasteiger partial charge on any atom is 0.326 e. The van der Waals surface area contributed by atoms with Crippen molar-refractivity contribution >= 4 is 35.1 Å². The predicted molar refractivity (Wildman–Crippen MR) is 83.8 cm³/mol. The molecule has 0 aliphatic rings. The van der Waals surface area contributed by atoms with Crippen molar-refractivity contribution in [2.75, 3.05) is 0 Å². The summed E-state index contributed by atoms with van der Waals surface area (Å²) >= 11 is 11.7. The SMILES string of the molecule is C/C=C/CC(NC(=O)CCc1ccc(Cl)c(Cl)c1)C(=O)O. The summed E-state index contributed by atoms with van der Waals surface area (Å²) in [5.41, 5.74) is 0.875. The molecule has 1 atom stereocenters. The molecule has 0 aromatic heterocycles. The van der Waals surface area contributed by atoms with E-state index >= 15 is 0 Å². The predicted octanol–water partition coefficient (Wildman–Crippen LogP) is 3.46. The van der Waals surface area contributed by atoms with Crippen LogP contribution in [0.4, 0.5) is 0 Å². The third-order valence-corrected chi connectivity index (χ3v) is 3.60. The molecule has 0 saturated carbocycles. The molecule has 0 heterocycles. The van der Waals surface area contributed by atoms with Crippen LogP contribution in [-0.4, -0.2) is 23.0 Å². The Kier molecular flexibility index (Phi) is 7.26. The number of rotatable bonds is 7. The molecule has 1 rings (SSSR count). The number of hydrogen-bond donors (Lipinski definition) is 2. The van der Waals surface area contributed by atoms with Gasteiger partial charge in [-0.15, -0.1) is 0 Å². The molecule has 1 amide bonds. The minimum absolute atomic E-state index is 0.192. The number of carboxylic acids is 1. The maximum atomic E-state index is 11.8. The zero-order valence-electron chi connectivity index (χ0n) is 11.6. The second-order valence-corrected chi connectivity index (χ2v) is 5.33. The third kappa shape index (κ3) is 6.19. The molecule has 1 unspecified atom stereocenters. The summed E-state index contributed by atoms with van der Waals surface area (Å²) in [6.45, 7) is 1.80. The number of halogens is 2. The number of hydrogen-bond acceptors (Lipinski definition) is 2. The number of nitrogens with one attached hydrogen (secondary N) is 1. The first-order valence-electron chi connectivity index (χ1n) is 6.51. The number of aryl methyl sites for hydroxylation is 1. The van der Waals surface area contributed by atoms with E-state index in [0.29, 0.717) is 16.5 Å². The summed E-state index contributed by atoms with van der Waals surface area (Å²) in [6, 6.07) is 4.26. The zero-order chi connectivity index (χ0) is 15.8. The van der Waals surface area contributed by atoms with E-state index in [1.807, 2.05) is 0 Å². The molecule has 21 heavy (non-hydrogen) atoms. The van der Waals surface area contributed by atoms with Gasteiger partial charge in [-0.1, -0.05) is 41.4 Å². The lowest BCUT2D eigenvalue weighted by molar-refractivity contribution is -0.141. The van der Waals surface area contributed by atoms with Gasteiger partial charge < -0.3 is 10.4 Å². The Hall–Kier alpha value is -1.52. The summed E-state index contributed by atoms with van der Waals surface area (Å²) in [6.07, 6.45) is 4.39. The Labute approximate surface area is 133 Å². The van der Waals surface area contributed by atoms with Crippen LogP contribution in [0.15, 0.2) is 30.4 Å². The molecular weight excluding hydrogens is 313 g/mol. The van der Waals surface area contributed by atoms with Gasteiger partial charge in [0.05, 0.1) is 10.0 Å². The Balaban J connectivity index is 2.52. The van der Waals surface area contributed by atoms with Gasteiger partial charge in [-0.25, -0.2) is 4.79 Å². The lowest BCUT2D eigenvalue weighted by Crippen LogP contribution is -2.40. The second-order valence-electron chi connectivity index (χ2n) is 4.51. The standard InChI is InChI=1S/C15H17Cl2NO3/c1-2-3-4-13(15(20)21)18-14(19)8-6-10-5-7-11(16)12(17)9-10/h2-3,5,7,9,13H,4,6,8H2,1H3,(H,18,19)(H,20,21)/b3-2+. The van der Waals surface area contributed by atoms with Gasteiger partial charge in [-0.05, 0) is 37.5 Å². The van der Waals surface area contributed by atoms with Crippen LogP contribution >= 0.6 is 23.2 Å². The van der Waals surface area contributed by atoms with Crippen LogP contribution in [0.1, 0.15) is 25.3 Å². The van der Waals surface area contributed by atoms with Crippen molar-refractivity contribution in [3.63, 3.8) is 0 Å². The van der Waals surface area contributed by atoms with E-state index in [2.05, 4.69) is 5.32 Å². The highest BCUT2D eigenvalue weighted by molar-refractivity contribution is 6.42. The number of carbonyl (C=O) groups is 2.